The van der Waals surface area contributed by atoms with Gasteiger partial charge in [-0.3, -0.25) is 9.69 Å². The standard InChI is InChI=1S/C31H32N4O2/c36-29-31(25-12-5-2-6-13-25,27-22-32-28-15-8-7-14-26(27)28)33-30(37)35(29)19-9-18-34-20-16-24(17-21-34)23-10-3-1-4-11-23/h1-8,10-15,22,24,32H,9,16-21H2,(H,33,37). The lowest BCUT2D eigenvalue weighted by Crippen LogP contribution is -2.45. The summed E-state index contributed by atoms with van der Waals surface area (Å²) in [4.78, 5) is 34.5. The van der Waals surface area contributed by atoms with Crippen LogP contribution in [0.1, 0.15) is 41.9 Å². The molecule has 4 aromatic rings. The third-order valence-electron chi connectivity index (χ3n) is 8.02. The number of H-pyrrole nitrogens is 1. The van der Waals surface area contributed by atoms with Gasteiger partial charge in [-0.2, -0.15) is 0 Å². The Labute approximate surface area is 217 Å². The molecule has 2 N–H and O–H groups in total. The number of urea groups is 1. The molecule has 6 heteroatoms. The van der Waals surface area contributed by atoms with Gasteiger partial charge >= 0.3 is 6.03 Å². The van der Waals surface area contributed by atoms with Crippen molar-refractivity contribution in [2.24, 2.45) is 0 Å². The summed E-state index contributed by atoms with van der Waals surface area (Å²) in [6, 6.07) is 27.9. The van der Waals surface area contributed by atoms with Gasteiger partial charge in [0.05, 0.1) is 0 Å². The third kappa shape index (κ3) is 4.21. The maximum atomic E-state index is 14.1. The molecule has 0 spiro atoms. The Hall–Kier alpha value is -3.90. The summed E-state index contributed by atoms with van der Waals surface area (Å²) in [5.41, 5.74) is 2.66. The molecule has 6 nitrogen and oxygen atoms in total. The zero-order chi connectivity index (χ0) is 25.2. The smallest absolute Gasteiger partial charge is 0.325 e. The van der Waals surface area contributed by atoms with E-state index in [2.05, 4.69) is 45.5 Å². The second kappa shape index (κ2) is 9.87. The first-order valence-corrected chi connectivity index (χ1v) is 13.2. The lowest BCUT2D eigenvalue weighted by molar-refractivity contribution is -0.130. The summed E-state index contributed by atoms with van der Waals surface area (Å²) in [6.07, 6.45) is 4.90. The maximum absolute atomic E-state index is 14.1. The van der Waals surface area contributed by atoms with Crippen LogP contribution in [-0.2, 0) is 10.3 Å². The fourth-order valence-electron chi connectivity index (χ4n) is 6.05. The summed E-state index contributed by atoms with van der Waals surface area (Å²) < 4.78 is 0. The van der Waals surface area contributed by atoms with Crippen molar-refractivity contribution in [3.63, 3.8) is 0 Å². The topological polar surface area (TPSA) is 68.4 Å². The quantitative estimate of drug-likeness (QED) is 0.347. The van der Waals surface area contributed by atoms with Crippen LogP contribution in [0.2, 0.25) is 0 Å². The van der Waals surface area contributed by atoms with Gasteiger partial charge in [0.1, 0.15) is 0 Å². The molecule has 2 fully saturated rings. The Morgan fingerprint density at radius 3 is 2.24 bits per heavy atom. The molecule has 1 unspecified atom stereocenters. The fourth-order valence-corrected chi connectivity index (χ4v) is 6.05. The summed E-state index contributed by atoms with van der Waals surface area (Å²) >= 11 is 0. The number of likely N-dealkylation sites (tertiary alicyclic amines) is 1. The highest BCUT2D eigenvalue weighted by atomic mass is 16.2. The Morgan fingerprint density at radius 2 is 1.49 bits per heavy atom. The average Bonchev–Trinajstić information content (AvgIpc) is 3.49. The number of nitrogens with zero attached hydrogens (tertiary/aromatic N) is 2. The summed E-state index contributed by atoms with van der Waals surface area (Å²) in [5.74, 6) is 0.405. The number of piperidine rings is 1. The van der Waals surface area contributed by atoms with Crippen LogP contribution in [0.5, 0.6) is 0 Å². The van der Waals surface area contributed by atoms with Crippen molar-refractivity contribution in [3.05, 3.63) is 108 Å². The molecular formula is C31H32N4O2. The molecule has 0 radical (unpaired) electrons. The van der Waals surface area contributed by atoms with Crippen LogP contribution < -0.4 is 5.32 Å². The van der Waals surface area contributed by atoms with E-state index in [9.17, 15) is 9.59 Å². The van der Waals surface area contributed by atoms with Gasteiger partial charge < -0.3 is 15.2 Å². The number of para-hydroxylation sites is 1. The van der Waals surface area contributed by atoms with E-state index in [4.69, 9.17) is 0 Å². The van der Waals surface area contributed by atoms with Gasteiger partial charge in [0.15, 0.2) is 5.54 Å². The second-order valence-electron chi connectivity index (χ2n) is 10.1. The maximum Gasteiger partial charge on any atom is 0.325 e. The molecule has 3 heterocycles. The first-order valence-electron chi connectivity index (χ1n) is 13.2. The Balaban J connectivity index is 1.17. The van der Waals surface area contributed by atoms with Gasteiger partial charge in [0.2, 0.25) is 0 Å². The molecule has 37 heavy (non-hydrogen) atoms. The summed E-state index contributed by atoms with van der Waals surface area (Å²) in [6.45, 7) is 3.37. The minimum Gasteiger partial charge on any atom is -0.361 e. The van der Waals surface area contributed by atoms with Gasteiger partial charge in [-0.25, -0.2) is 4.79 Å². The van der Waals surface area contributed by atoms with E-state index in [1.54, 1.807) is 0 Å². The van der Waals surface area contributed by atoms with Gasteiger partial charge in [0, 0.05) is 29.2 Å². The predicted octanol–water partition coefficient (Wildman–Crippen LogP) is 5.23. The summed E-state index contributed by atoms with van der Waals surface area (Å²) in [7, 11) is 0. The van der Waals surface area contributed by atoms with Crippen LogP contribution in [0.15, 0.2) is 91.1 Å². The normalized spacial score (nSPS) is 21.0. The van der Waals surface area contributed by atoms with E-state index in [1.807, 2.05) is 60.8 Å². The van der Waals surface area contributed by atoms with Gasteiger partial charge in [-0.1, -0.05) is 78.9 Å². The van der Waals surface area contributed by atoms with E-state index >= 15 is 0 Å². The number of benzene rings is 3. The number of imide groups is 1. The van der Waals surface area contributed by atoms with Crippen molar-refractivity contribution in [2.75, 3.05) is 26.2 Å². The SMILES string of the molecule is O=C1NC(c2ccccc2)(c2c[nH]c3ccccc23)C(=O)N1CCCN1CCC(c2ccccc2)CC1. The number of hydrogen-bond acceptors (Lipinski definition) is 3. The van der Waals surface area contributed by atoms with Crippen LogP contribution in [0.3, 0.4) is 0 Å². The fraction of sp³-hybridized carbons (Fsp3) is 0.290. The van der Waals surface area contributed by atoms with E-state index in [1.165, 1.54) is 10.5 Å². The molecule has 3 aromatic carbocycles. The highest BCUT2D eigenvalue weighted by Gasteiger charge is 2.54. The lowest BCUT2D eigenvalue weighted by Gasteiger charge is -2.32. The third-order valence-corrected chi connectivity index (χ3v) is 8.02. The Kier molecular flexibility index (Phi) is 6.26. The molecule has 1 aromatic heterocycles. The molecule has 0 bridgehead atoms. The molecule has 0 aliphatic carbocycles. The minimum absolute atomic E-state index is 0.212. The van der Waals surface area contributed by atoms with E-state index < -0.39 is 5.54 Å². The summed E-state index contributed by atoms with van der Waals surface area (Å²) in [5, 5.41) is 4.03. The molecule has 2 aliphatic heterocycles. The Morgan fingerprint density at radius 1 is 0.811 bits per heavy atom. The van der Waals surface area contributed by atoms with Crippen molar-refractivity contribution < 1.29 is 9.59 Å². The Bertz CT molecular complexity index is 1390. The average molecular weight is 493 g/mol. The van der Waals surface area contributed by atoms with Gasteiger partial charge in [0.25, 0.3) is 5.91 Å². The van der Waals surface area contributed by atoms with E-state index in [-0.39, 0.29) is 11.9 Å². The van der Waals surface area contributed by atoms with Crippen LogP contribution in [0, 0.1) is 0 Å². The molecule has 2 aliphatic rings. The highest BCUT2D eigenvalue weighted by molar-refractivity contribution is 6.11. The van der Waals surface area contributed by atoms with Crippen molar-refractivity contribution >= 4 is 22.8 Å². The van der Waals surface area contributed by atoms with Gasteiger partial charge in [-0.05, 0) is 62.0 Å². The van der Waals surface area contributed by atoms with Crippen LogP contribution in [0.25, 0.3) is 10.9 Å². The zero-order valence-electron chi connectivity index (χ0n) is 20.9. The van der Waals surface area contributed by atoms with Crippen molar-refractivity contribution in [1.29, 1.82) is 0 Å². The van der Waals surface area contributed by atoms with Crippen molar-refractivity contribution in [2.45, 2.75) is 30.7 Å². The highest BCUT2D eigenvalue weighted by Crippen LogP contribution is 2.39. The monoisotopic (exact) mass is 492 g/mol. The number of aromatic nitrogens is 1. The molecule has 1 atom stereocenters. The number of rotatable bonds is 7. The molecule has 3 amide bonds. The molecule has 6 rings (SSSR count). The number of fused-ring (bicyclic) bond motifs is 1. The molecular weight excluding hydrogens is 460 g/mol. The largest absolute Gasteiger partial charge is 0.361 e. The van der Waals surface area contributed by atoms with Crippen LogP contribution >= 0.6 is 0 Å². The van der Waals surface area contributed by atoms with Crippen molar-refractivity contribution in [1.82, 2.24) is 20.1 Å². The second-order valence-corrected chi connectivity index (χ2v) is 10.1. The zero-order valence-corrected chi connectivity index (χ0v) is 20.9. The predicted molar refractivity (Wildman–Crippen MR) is 145 cm³/mol. The molecule has 2 saturated heterocycles. The number of aromatic amines is 1. The van der Waals surface area contributed by atoms with E-state index in [0.717, 1.165) is 60.9 Å². The van der Waals surface area contributed by atoms with Crippen LogP contribution in [-0.4, -0.2) is 52.9 Å². The van der Waals surface area contributed by atoms with Crippen LogP contribution in [0.4, 0.5) is 4.79 Å². The number of nitrogens with one attached hydrogen (secondary N) is 2. The lowest BCUT2D eigenvalue weighted by atomic mass is 9.82. The first kappa shape index (κ1) is 23.5. The van der Waals surface area contributed by atoms with Crippen molar-refractivity contribution in [3.8, 4) is 0 Å². The minimum atomic E-state index is -1.24. The number of hydrogen-bond donors (Lipinski definition) is 2. The van der Waals surface area contributed by atoms with Gasteiger partial charge in [-0.15, -0.1) is 0 Å². The number of carbonyl (C=O) groups is 2. The van der Waals surface area contributed by atoms with E-state index in [0.29, 0.717) is 12.5 Å². The number of amides is 3. The first-order chi connectivity index (χ1) is 18.2. The molecule has 188 valence electrons. The molecule has 0 saturated carbocycles. The number of carbonyl (C=O) groups excluding carboxylic acids is 2.